The van der Waals surface area contributed by atoms with Crippen LogP contribution in [0.2, 0.25) is 0 Å². The summed E-state index contributed by atoms with van der Waals surface area (Å²) in [6, 6.07) is 6.90. The zero-order valence-electron chi connectivity index (χ0n) is 11.4. The average Bonchev–Trinajstić information content (AvgIpc) is 2.35. The van der Waals surface area contributed by atoms with Crippen molar-refractivity contribution in [3.05, 3.63) is 24.3 Å². The molecule has 0 bridgehead atoms. The van der Waals surface area contributed by atoms with Crippen LogP contribution in [0.3, 0.4) is 0 Å². The van der Waals surface area contributed by atoms with Crippen LogP contribution >= 0.6 is 0 Å². The van der Waals surface area contributed by atoms with Crippen LogP contribution in [0.15, 0.2) is 24.3 Å². The molecule has 1 atom stereocenters. The second-order valence-corrected chi connectivity index (χ2v) is 3.98. The van der Waals surface area contributed by atoms with Gasteiger partial charge in [0.15, 0.2) is 6.10 Å². The summed E-state index contributed by atoms with van der Waals surface area (Å²) in [7, 11) is 0. The molecule has 19 heavy (non-hydrogen) atoms. The predicted octanol–water partition coefficient (Wildman–Crippen LogP) is 2.37. The van der Waals surface area contributed by atoms with E-state index in [1.807, 2.05) is 6.92 Å². The third kappa shape index (κ3) is 4.99. The fraction of sp³-hybridized carbons (Fsp3) is 0.429. The molecule has 0 aliphatic heterocycles. The van der Waals surface area contributed by atoms with E-state index in [1.54, 1.807) is 31.2 Å². The third-order valence-electron chi connectivity index (χ3n) is 2.35. The summed E-state index contributed by atoms with van der Waals surface area (Å²) in [6.45, 7) is 5.35. The Hall–Kier alpha value is -2.04. The van der Waals surface area contributed by atoms with Crippen LogP contribution in [0.1, 0.15) is 27.2 Å². The van der Waals surface area contributed by atoms with Crippen LogP contribution < -0.4 is 10.1 Å². The molecule has 0 saturated carbocycles. The zero-order chi connectivity index (χ0) is 14.3. The number of carbonyl (C=O) groups is 2. The predicted molar refractivity (Wildman–Crippen MR) is 72.1 cm³/mol. The molecule has 1 amide bonds. The third-order valence-corrected chi connectivity index (χ3v) is 2.35. The molecule has 0 radical (unpaired) electrons. The van der Waals surface area contributed by atoms with Crippen LogP contribution in [-0.2, 0) is 14.3 Å². The number of ether oxygens (including phenoxy) is 2. The number of anilines is 1. The molecule has 0 fully saturated rings. The monoisotopic (exact) mass is 265 g/mol. The lowest BCUT2D eigenvalue weighted by Crippen LogP contribution is -2.28. The van der Waals surface area contributed by atoms with Gasteiger partial charge in [0.2, 0.25) is 5.91 Å². The van der Waals surface area contributed by atoms with Crippen molar-refractivity contribution in [2.75, 3.05) is 11.9 Å². The minimum atomic E-state index is -0.632. The molecule has 104 valence electrons. The molecular formula is C14H19NO4. The van der Waals surface area contributed by atoms with Gasteiger partial charge in [0.05, 0.1) is 6.61 Å². The van der Waals surface area contributed by atoms with Crippen molar-refractivity contribution in [2.45, 2.75) is 33.3 Å². The molecule has 1 unspecified atom stereocenters. The molecule has 1 N–H and O–H groups in total. The largest absolute Gasteiger partial charge is 0.479 e. The molecule has 1 rings (SSSR count). The second kappa shape index (κ2) is 7.41. The molecule has 0 saturated heterocycles. The van der Waals surface area contributed by atoms with Crippen LogP contribution in [0.4, 0.5) is 5.69 Å². The molecule has 0 heterocycles. The van der Waals surface area contributed by atoms with E-state index in [0.29, 0.717) is 24.5 Å². The number of benzene rings is 1. The first kappa shape index (κ1) is 15.0. The van der Waals surface area contributed by atoms with E-state index in [0.717, 1.165) is 0 Å². The van der Waals surface area contributed by atoms with Crippen molar-refractivity contribution in [3.63, 3.8) is 0 Å². The highest BCUT2D eigenvalue weighted by atomic mass is 16.6. The summed E-state index contributed by atoms with van der Waals surface area (Å²) in [6.07, 6.45) is -0.115. The lowest BCUT2D eigenvalue weighted by atomic mass is 10.2. The number of amides is 1. The van der Waals surface area contributed by atoms with Crippen molar-refractivity contribution in [1.82, 2.24) is 0 Å². The van der Waals surface area contributed by atoms with Gasteiger partial charge in [-0.3, -0.25) is 4.79 Å². The fourth-order valence-electron chi connectivity index (χ4n) is 1.55. The van der Waals surface area contributed by atoms with Crippen LogP contribution in [-0.4, -0.2) is 24.6 Å². The van der Waals surface area contributed by atoms with Crippen LogP contribution in [0.5, 0.6) is 5.75 Å². The van der Waals surface area contributed by atoms with Gasteiger partial charge in [-0.15, -0.1) is 0 Å². The summed E-state index contributed by atoms with van der Waals surface area (Å²) in [5.41, 5.74) is 0.628. The van der Waals surface area contributed by atoms with E-state index in [9.17, 15) is 9.59 Å². The topological polar surface area (TPSA) is 64.6 Å². The standard InChI is InChI=1S/C14H19NO4/c1-4-13(14(17)18-5-2)19-12-8-6-7-11(9-12)15-10(3)16/h6-9,13H,4-5H2,1-3H3,(H,15,16). The van der Waals surface area contributed by atoms with Gasteiger partial charge in [0.25, 0.3) is 0 Å². The molecule has 0 aromatic heterocycles. The van der Waals surface area contributed by atoms with Crippen molar-refractivity contribution >= 4 is 17.6 Å². The normalized spacial score (nSPS) is 11.5. The first-order valence-corrected chi connectivity index (χ1v) is 6.27. The van der Waals surface area contributed by atoms with Crippen molar-refractivity contribution < 1.29 is 19.1 Å². The Morgan fingerprint density at radius 2 is 2.05 bits per heavy atom. The van der Waals surface area contributed by atoms with Gasteiger partial charge >= 0.3 is 5.97 Å². The second-order valence-electron chi connectivity index (χ2n) is 3.98. The summed E-state index contributed by atoms with van der Waals surface area (Å²) < 4.78 is 10.5. The summed E-state index contributed by atoms with van der Waals surface area (Å²) in [5, 5.41) is 2.66. The minimum absolute atomic E-state index is 0.158. The van der Waals surface area contributed by atoms with E-state index in [1.165, 1.54) is 6.92 Å². The molecule has 1 aromatic carbocycles. The fourth-order valence-corrected chi connectivity index (χ4v) is 1.55. The molecule has 5 heteroatoms. The Bertz CT molecular complexity index is 445. The maximum Gasteiger partial charge on any atom is 0.347 e. The van der Waals surface area contributed by atoms with E-state index in [-0.39, 0.29) is 11.9 Å². The van der Waals surface area contributed by atoms with Crippen LogP contribution in [0, 0.1) is 0 Å². The number of hydrogen-bond acceptors (Lipinski definition) is 4. The lowest BCUT2D eigenvalue weighted by molar-refractivity contribution is -0.151. The van der Waals surface area contributed by atoms with E-state index in [2.05, 4.69) is 5.32 Å². The maximum absolute atomic E-state index is 11.6. The maximum atomic E-state index is 11.6. The van der Waals surface area contributed by atoms with Gasteiger partial charge in [-0.1, -0.05) is 13.0 Å². The molecule has 0 aliphatic carbocycles. The van der Waals surface area contributed by atoms with Crippen molar-refractivity contribution in [1.29, 1.82) is 0 Å². The first-order chi connectivity index (χ1) is 9.06. The minimum Gasteiger partial charge on any atom is -0.479 e. The van der Waals surface area contributed by atoms with Gasteiger partial charge in [-0.05, 0) is 25.5 Å². The smallest absolute Gasteiger partial charge is 0.347 e. The highest BCUT2D eigenvalue weighted by Gasteiger charge is 2.19. The van der Waals surface area contributed by atoms with E-state index < -0.39 is 6.10 Å². The average molecular weight is 265 g/mol. The number of rotatable bonds is 6. The van der Waals surface area contributed by atoms with Crippen LogP contribution in [0.25, 0.3) is 0 Å². The Morgan fingerprint density at radius 3 is 2.63 bits per heavy atom. The van der Waals surface area contributed by atoms with Gasteiger partial charge in [-0.2, -0.15) is 0 Å². The number of esters is 1. The van der Waals surface area contributed by atoms with E-state index >= 15 is 0 Å². The van der Waals surface area contributed by atoms with Crippen molar-refractivity contribution in [3.8, 4) is 5.75 Å². The SMILES string of the molecule is CCOC(=O)C(CC)Oc1cccc(NC(C)=O)c1. The molecule has 0 spiro atoms. The molecule has 1 aromatic rings. The molecular weight excluding hydrogens is 246 g/mol. The molecule has 5 nitrogen and oxygen atoms in total. The highest BCUT2D eigenvalue weighted by molar-refractivity contribution is 5.88. The summed E-state index contributed by atoms with van der Waals surface area (Å²) >= 11 is 0. The van der Waals surface area contributed by atoms with Gasteiger partial charge in [-0.25, -0.2) is 4.79 Å². The Morgan fingerprint density at radius 1 is 1.32 bits per heavy atom. The lowest BCUT2D eigenvalue weighted by Gasteiger charge is -2.16. The van der Waals surface area contributed by atoms with E-state index in [4.69, 9.17) is 9.47 Å². The Labute approximate surface area is 112 Å². The highest BCUT2D eigenvalue weighted by Crippen LogP contribution is 2.19. The number of hydrogen-bond donors (Lipinski definition) is 1. The summed E-state index contributed by atoms with van der Waals surface area (Å²) in [4.78, 5) is 22.6. The number of carbonyl (C=O) groups excluding carboxylic acids is 2. The Balaban J connectivity index is 2.74. The summed E-state index contributed by atoms with van der Waals surface area (Å²) in [5.74, 6) is -0.0179. The number of nitrogens with one attached hydrogen (secondary N) is 1. The Kier molecular flexibility index (Phi) is 5.85. The van der Waals surface area contributed by atoms with Gasteiger partial charge in [0.1, 0.15) is 5.75 Å². The zero-order valence-corrected chi connectivity index (χ0v) is 11.4. The molecule has 0 aliphatic rings. The van der Waals surface area contributed by atoms with Gasteiger partial charge in [0, 0.05) is 18.7 Å². The first-order valence-electron chi connectivity index (χ1n) is 6.27. The quantitative estimate of drug-likeness (QED) is 0.802. The van der Waals surface area contributed by atoms with Crippen molar-refractivity contribution in [2.24, 2.45) is 0 Å². The van der Waals surface area contributed by atoms with Gasteiger partial charge < -0.3 is 14.8 Å².